The molecule has 7 nitrogen and oxygen atoms in total. The van der Waals surface area contributed by atoms with Gasteiger partial charge in [-0.2, -0.15) is 0 Å². The van der Waals surface area contributed by atoms with Crippen LogP contribution in [0.15, 0.2) is 18.2 Å². The molecular weight excluding hydrogens is 348 g/mol. The summed E-state index contributed by atoms with van der Waals surface area (Å²) in [5.41, 5.74) is 6.07. The molecule has 1 aromatic carbocycles. The Bertz CT molecular complexity index is 664. The summed E-state index contributed by atoms with van der Waals surface area (Å²) in [6.07, 6.45) is 1.37. The van der Waals surface area contributed by atoms with Crippen LogP contribution in [0.5, 0.6) is 5.75 Å². The first-order valence-corrected chi connectivity index (χ1v) is 8.36. The predicted molar refractivity (Wildman–Crippen MR) is 91.1 cm³/mol. The molecule has 1 saturated heterocycles. The van der Waals surface area contributed by atoms with Gasteiger partial charge in [-0.3, -0.25) is 9.59 Å². The Hall–Kier alpha value is -2.28. The molecule has 1 aliphatic rings. The number of piperidine rings is 1. The smallest absolute Gasteiger partial charge is 0.344 e. The number of ether oxygens (including phenoxy) is 2. The predicted octanol–water partition coefficient (Wildman–Crippen LogP) is 1.29. The van der Waals surface area contributed by atoms with Crippen LogP contribution in [0.2, 0.25) is 5.02 Å². The summed E-state index contributed by atoms with van der Waals surface area (Å²) in [7, 11) is 0. The van der Waals surface area contributed by atoms with E-state index < -0.39 is 11.9 Å². The van der Waals surface area contributed by atoms with Crippen LogP contribution in [0.4, 0.5) is 0 Å². The quantitative estimate of drug-likeness (QED) is 0.763. The number of hydrogen-bond acceptors (Lipinski definition) is 5. The van der Waals surface area contributed by atoms with Crippen LogP contribution in [0.25, 0.3) is 0 Å². The van der Waals surface area contributed by atoms with Crippen molar-refractivity contribution in [3.8, 4) is 5.75 Å². The molecule has 1 fully saturated rings. The van der Waals surface area contributed by atoms with Gasteiger partial charge in [0.05, 0.1) is 5.92 Å². The van der Waals surface area contributed by atoms with E-state index in [1.165, 1.54) is 4.90 Å². The topological polar surface area (TPSA) is 98.9 Å². The molecular formula is C17H21ClN2O5. The molecule has 2 amide bonds. The van der Waals surface area contributed by atoms with Crippen molar-refractivity contribution < 1.29 is 23.9 Å². The van der Waals surface area contributed by atoms with Crippen molar-refractivity contribution in [1.82, 2.24) is 4.90 Å². The normalized spacial score (nSPS) is 17.0. The molecule has 0 saturated carbocycles. The van der Waals surface area contributed by atoms with E-state index >= 15 is 0 Å². The molecule has 2 N–H and O–H groups in total. The summed E-state index contributed by atoms with van der Waals surface area (Å²) in [5, 5.41) is 0.578. The number of carbonyl (C=O) groups is 3. The van der Waals surface area contributed by atoms with Crippen molar-refractivity contribution in [2.75, 3.05) is 26.3 Å². The summed E-state index contributed by atoms with van der Waals surface area (Å²) >= 11 is 5.85. The number of aryl methyl sites for hydroxylation is 1. The minimum Gasteiger partial charge on any atom is -0.482 e. The highest BCUT2D eigenvalue weighted by Crippen LogP contribution is 2.21. The molecule has 136 valence electrons. The van der Waals surface area contributed by atoms with Gasteiger partial charge in [0.1, 0.15) is 5.75 Å². The standard InChI is InChI=1S/C17H21ClN2O5/c1-11-7-13(18)4-5-14(11)24-10-16(22)25-9-15(21)20-6-2-3-12(8-20)17(19)23/h4-5,7,12H,2-3,6,8-10H2,1H3,(H2,19,23)/t12-/m1/s1. The molecule has 1 heterocycles. The number of rotatable bonds is 6. The maximum Gasteiger partial charge on any atom is 0.344 e. The summed E-state index contributed by atoms with van der Waals surface area (Å²) in [6, 6.07) is 5.04. The summed E-state index contributed by atoms with van der Waals surface area (Å²) in [4.78, 5) is 36.5. The van der Waals surface area contributed by atoms with Gasteiger partial charge in [-0.25, -0.2) is 4.79 Å². The Morgan fingerprint density at radius 3 is 2.76 bits per heavy atom. The molecule has 0 spiro atoms. The first-order chi connectivity index (χ1) is 11.9. The van der Waals surface area contributed by atoms with Gasteiger partial charge in [-0.1, -0.05) is 11.6 Å². The molecule has 0 aromatic heterocycles. The van der Waals surface area contributed by atoms with Crippen LogP contribution in [0.3, 0.4) is 0 Å². The van der Waals surface area contributed by atoms with Gasteiger partial charge >= 0.3 is 5.97 Å². The monoisotopic (exact) mass is 368 g/mol. The fourth-order valence-corrected chi connectivity index (χ4v) is 2.85. The summed E-state index contributed by atoms with van der Waals surface area (Å²) in [6.45, 7) is 1.92. The number of nitrogens with zero attached hydrogens (tertiary/aromatic N) is 1. The average Bonchev–Trinajstić information content (AvgIpc) is 2.59. The molecule has 8 heteroatoms. The fraction of sp³-hybridized carbons (Fsp3) is 0.471. The number of hydrogen-bond donors (Lipinski definition) is 1. The van der Waals surface area contributed by atoms with E-state index in [4.69, 9.17) is 26.8 Å². The van der Waals surface area contributed by atoms with E-state index in [9.17, 15) is 14.4 Å². The van der Waals surface area contributed by atoms with Crippen molar-refractivity contribution in [3.05, 3.63) is 28.8 Å². The van der Waals surface area contributed by atoms with Crippen molar-refractivity contribution in [2.24, 2.45) is 11.7 Å². The van der Waals surface area contributed by atoms with Crippen LogP contribution in [0.1, 0.15) is 18.4 Å². The zero-order valence-electron chi connectivity index (χ0n) is 14.0. The lowest BCUT2D eigenvalue weighted by Gasteiger charge is -2.31. The average molecular weight is 369 g/mol. The lowest BCUT2D eigenvalue weighted by atomic mass is 9.97. The lowest BCUT2D eigenvalue weighted by Crippen LogP contribution is -2.45. The number of esters is 1. The van der Waals surface area contributed by atoms with Crippen LogP contribution in [-0.4, -0.2) is 49.0 Å². The molecule has 1 aromatic rings. The third kappa shape index (κ3) is 5.63. The number of carbonyl (C=O) groups excluding carboxylic acids is 3. The van der Waals surface area contributed by atoms with Crippen LogP contribution in [-0.2, 0) is 19.1 Å². The van der Waals surface area contributed by atoms with E-state index in [1.54, 1.807) is 18.2 Å². The van der Waals surface area contributed by atoms with Crippen molar-refractivity contribution in [2.45, 2.75) is 19.8 Å². The Labute approximate surface area is 151 Å². The third-order valence-corrected chi connectivity index (χ3v) is 4.25. The largest absolute Gasteiger partial charge is 0.482 e. The highest BCUT2D eigenvalue weighted by molar-refractivity contribution is 6.30. The van der Waals surface area contributed by atoms with E-state index in [-0.39, 0.29) is 31.6 Å². The molecule has 0 unspecified atom stereocenters. The third-order valence-electron chi connectivity index (χ3n) is 4.02. The second-order valence-corrected chi connectivity index (χ2v) is 6.38. The van der Waals surface area contributed by atoms with Gasteiger partial charge in [-0.15, -0.1) is 0 Å². The van der Waals surface area contributed by atoms with Gasteiger partial charge in [0.15, 0.2) is 13.2 Å². The van der Waals surface area contributed by atoms with Gasteiger partial charge in [-0.05, 0) is 43.5 Å². The molecule has 1 atom stereocenters. The van der Waals surface area contributed by atoms with E-state index in [0.29, 0.717) is 30.2 Å². The van der Waals surface area contributed by atoms with E-state index in [0.717, 1.165) is 5.56 Å². The second kappa shape index (κ2) is 8.71. The molecule has 0 aliphatic carbocycles. The molecule has 2 rings (SSSR count). The lowest BCUT2D eigenvalue weighted by molar-refractivity contribution is -0.154. The number of likely N-dealkylation sites (tertiary alicyclic amines) is 1. The highest BCUT2D eigenvalue weighted by atomic mass is 35.5. The number of benzene rings is 1. The van der Waals surface area contributed by atoms with Crippen molar-refractivity contribution in [1.29, 1.82) is 0 Å². The van der Waals surface area contributed by atoms with Crippen LogP contribution < -0.4 is 10.5 Å². The van der Waals surface area contributed by atoms with Gasteiger partial charge in [0, 0.05) is 18.1 Å². The molecule has 25 heavy (non-hydrogen) atoms. The zero-order valence-corrected chi connectivity index (χ0v) is 14.8. The minimum absolute atomic E-state index is 0.270. The van der Waals surface area contributed by atoms with Crippen LogP contribution in [0, 0.1) is 12.8 Å². The van der Waals surface area contributed by atoms with Gasteiger partial charge < -0.3 is 20.1 Å². The molecule has 0 radical (unpaired) electrons. The minimum atomic E-state index is -0.647. The molecule has 0 bridgehead atoms. The highest BCUT2D eigenvalue weighted by Gasteiger charge is 2.27. The van der Waals surface area contributed by atoms with Gasteiger partial charge in [0.25, 0.3) is 5.91 Å². The summed E-state index contributed by atoms with van der Waals surface area (Å²) < 4.78 is 10.3. The fourth-order valence-electron chi connectivity index (χ4n) is 2.62. The Balaban J connectivity index is 1.75. The first kappa shape index (κ1) is 19.1. The van der Waals surface area contributed by atoms with Crippen molar-refractivity contribution >= 4 is 29.4 Å². The summed E-state index contributed by atoms with van der Waals surface area (Å²) in [5.74, 6) is -1.23. The van der Waals surface area contributed by atoms with E-state index in [2.05, 4.69) is 0 Å². The van der Waals surface area contributed by atoms with Crippen LogP contribution >= 0.6 is 11.6 Å². The van der Waals surface area contributed by atoms with Gasteiger partial charge in [0.2, 0.25) is 5.91 Å². The SMILES string of the molecule is Cc1cc(Cl)ccc1OCC(=O)OCC(=O)N1CCC[C@@H](C(N)=O)C1. The second-order valence-electron chi connectivity index (χ2n) is 5.94. The van der Waals surface area contributed by atoms with E-state index in [1.807, 2.05) is 6.92 Å². The Morgan fingerprint density at radius 2 is 2.08 bits per heavy atom. The number of amides is 2. The van der Waals surface area contributed by atoms with Crippen molar-refractivity contribution in [3.63, 3.8) is 0 Å². The maximum absolute atomic E-state index is 12.1. The number of nitrogens with two attached hydrogens (primary N) is 1. The zero-order chi connectivity index (χ0) is 18.4. The number of halogens is 1. The number of primary amides is 1. The maximum atomic E-state index is 12.1. The first-order valence-electron chi connectivity index (χ1n) is 7.98. The Kier molecular flexibility index (Phi) is 6.64. The molecule has 1 aliphatic heterocycles. The Morgan fingerprint density at radius 1 is 1.32 bits per heavy atom.